The van der Waals surface area contributed by atoms with Crippen molar-refractivity contribution >= 4 is 28.6 Å². The number of pyridine rings is 1. The van der Waals surface area contributed by atoms with Crippen LogP contribution in [0.15, 0.2) is 59.6 Å². The molecule has 1 unspecified atom stereocenters. The van der Waals surface area contributed by atoms with E-state index in [0.29, 0.717) is 24.2 Å². The summed E-state index contributed by atoms with van der Waals surface area (Å²) in [5.41, 5.74) is 2.63. The smallest absolute Gasteiger partial charge is 0.303 e. The Hall–Kier alpha value is -2.64. The van der Waals surface area contributed by atoms with Crippen LogP contribution >= 0.6 is 11.8 Å². The number of nitrogens with zero attached hydrogens (tertiary/aromatic N) is 2. The van der Waals surface area contributed by atoms with Gasteiger partial charge in [-0.25, -0.2) is 4.39 Å². The molecule has 1 aliphatic rings. The Balaban J connectivity index is 1.34. The summed E-state index contributed by atoms with van der Waals surface area (Å²) in [6, 6.07) is 15.8. The number of ether oxygens (including phenoxy) is 1. The number of piperidine rings is 1. The molecule has 192 valence electrons. The summed E-state index contributed by atoms with van der Waals surface area (Å²) in [7, 11) is 1.60. The Labute approximate surface area is 217 Å². The van der Waals surface area contributed by atoms with E-state index in [9.17, 15) is 9.90 Å². The number of aliphatic carboxylic acids is 1. The maximum absolute atomic E-state index is 15.5. The van der Waals surface area contributed by atoms with Crippen molar-refractivity contribution in [2.75, 3.05) is 32.5 Å². The van der Waals surface area contributed by atoms with Gasteiger partial charge in [0, 0.05) is 41.7 Å². The predicted molar refractivity (Wildman–Crippen MR) is 144 cm³/mol. The lowest BCUT2D eigenvalue weighted by molar-refractivity contribution is -0.139. The number of halogens is 1. The van der Waals surface area contributed by atoms with E-state index in [2.05, 4.69) is 41.1 Å². The van der Waals surface area contributed by atoms with Gasteiger partial charge in [0.05, 0.1) is 12.6 Å². The van der Waals surface area contributed by atoms with Crippen molar-refractivity contribution in [3.63, 3.8) is 0 Å². The fraction of sp³-hybridized carbons (Fsp3) is 0.448. The first kappa shape index (κ1) is 26.4. The third-order valence-electron chi connectivity index (χ3n) is 7.19. The number of alkyl halides is 1. The van der Waals surface area contributed by atoms with Gasteiger partial charge in [-0.3, -0.25) is 9.78 Å². The van der Waals surface area contributed by atoms with Crippen molar-refractivity contribution in [2.45, 2.75) is 43.7 Å². The van der Waals surface area contributed by atoms with Gasteiger partial charge < -0.3 is 14.7 Å². The molecule has 7 heteroatoms. The minimum Gasteiger partial charge on any atom is -0.497 e. The molecular formula is C29H35FN2O3S. The van der Waals surface area contributed by atoms with Crippen LogP contribution < -0.4 is 4.74 Å². The minimum absolute atomic E-state index is 0.0432. The van der Waals surface area contributed by atoms with Crippen LogP contribution in [-0.2, 0) is 4.79 Å². The van der Waals surface area contributed by atoms with Gasteiger partial charge in [0.25, 0.3) is 0 Å². The molecule has 5 nitrogen and oxygen atoms in total. The average molecular weight is 511 g/mol. The molecule has 1 N–H and O–H groups in total. The standard InChI is InChI=1S/C29H35FN2O3S/c1-20-4-3-5-24(16-20)36-15-14-32-13-11-21(22(19-32)17-29(33)34)6-8-27(30)25-10-12-31-28-9-7-23(35-2)18-26(25)28/h3-5,7,9-10,12,16,18,21-22,27H,6,8,11,13-15,17,19H2,1-2H3,(H,33,34)/t21-,22+,27?/m1/s1. The zero-order chi connectivity index (χ0) is 25.5. The first-order chi connectivity index (χ1) is 17.4. The molecule has 0 spiro atoms. The molecule has 2 aromatic carbocycles. The van der Waals surface area contributed by atoms with E-state index in [-0.39, 0.29) is 18.3 Å². The first-order valence-corrected chi connectivity index (χ1v) is 13.6. The van der Waals surface area contributed by atoms with Crippen LogP contribution in [0.1, 0.15) is 43.0 Å². The molecular weight excluding hydrogens is 475 g/mol. The maximum atomic E-state index is 15.5. The molecule has 1 aliphatic heterocycles. The Morgan fingerprint density at radius 2 is 2.11 bits per heavy atom. The SMILES string of the molecule is COc1ccc2nccc(C(F)CC[C@@H]3CCN(CCSc4cccc(C)c4)C[C@@H]3CC(=O)O)c2c1. The van der Waals surface area contributed by atoms with E-state index in [4.69, 9.17) is 4.74 Å². The highest BCUT2D eigenvalue weighted by molar-refractivity contribution is 7.99. The summed E-state index contributed by atoms with van der Waals surface area (Å²) >= 11 is 1.84. The first-order valence-electron chi connectivity index (χ1n) is 12.6. The second-order valence-corrected chi connectivity index (χ2v) is 10.9. The molecule has 4 rings (SSSR count). The number of aromatic nitrogens is 1. The molecule has 3 aromatic rings. The average Bonchev–Trinajstić information content (AvgIpc) is 2.87. The van der Waals surface area contributed by atoms with E-state index in [1.165, 1.54) is 10.5 Å². The largest absolute Gasteiger partial charge is 0.497 e. The number of methoxy groups -OCH3 is 1. The number of fused-ring (bicyclic) bond motifs is 1. The van der Waals surface area contributed by atoms with Crippen LogP contribution in [0.3, 0.4) is 0 Å². The van der Waals surface area contributed by atoms with Crippen molar-refractivity contribution in [1.82, 2.24) is 9.88 Å². The Morgan fingerprint density at radius 1 is 1.25 bits per heavy atom. The molecule has 1 fully saturated rings. The normalized spacial score (nSPS) is 19.3. The van der Waals surface area contributed by atoms with E-state index in [1.54, 1.807) is 19.4 Å². The minimum atomic E-state index is -1.13. The molecule has 1 saturated heterocycles. The van der Waals surface area contributed by atoms with Gasteiger partial charge in [0.15, 0.2) is 0 Å². The van der Waals surface area contributed by atoms with Crippen LogP contribution in [0, 0.1) is 18.8 Å². The topological polar surface area (TPSA) is 62.7 Å². The number of hydrogen-bond acceptors (Lipinski definition) is 5. The van der Waals surface area contributed by atoms with Gasteiger partial charge in [-0.2, -0.15) is 0 Å². The van der Waals surface area contributed by atoms with Crippen LogP contribution in [0.25, 0.3) is 10.9 Å². The van der Waals surface area contributed by atoms with Crippen molar-refractivity contribution in [1.29, 1.82) is 0 Å². The number of carboxylic acid groups (broad SMARTS) is 1. The van der Waals surface area contributed by atoms with Crippen molar-refractivity contribution in [3.05, 3.63) is 65.9 Å². The zero-order valence-electron chi connectivity index (χ0n) is 21.0. The lowest BCUT2D eigenvalue weighted by Crippen LogP contribution is -2.42. The molecule has 36 heavy (non-hydrogen) atoms. The van der Waals surface area contributed by atoms with Crippen molar-refractivity contribution < 1.29 is 19.0 Å². The van der Waals surface area contributed by atoms with Crippen LogP contribution in [0.2, 0.25) is 0 Å². The van der Waals surface area contributed by atoms with Crippen molar-refractivity contribution in [3.8, 4) is 5.75 Å². The van der Waals surface area contributed by atoms with Gasteiger partial charge in [0.2, 0.25) is 0 Å². The highest BCUT2D eigenvalue weighted by Crippen LogP contribution is 2.36. The number of aryl methyl sites for hydroxylation is 1. The molecule has 0 saturated carbocycles. The number of benzene rings is 2. The summed E-state index contributed by atoms with van der Waals surface area (Å²) in [4.78, 5) is 19.6. The molecule has 0 bridgehead atoms. The maximum Gasteiger partial charge on any atom is 0.303 e. The summed E-state index contributed by atoms with van der Waals surface area (Å²) in [6.07, 6.45) is 2.62. The number of rotatable bonds is 11. The Bertz CT molecular complexity index is 1170. The molecule has 2 heterocycles. The highest BCUT2D eigenvalue weighted by atomic mass is 32.2. The Kier molecular flexibility index (Phi) is 9.21. The number of carbonyl (C=O) groups is 1. The van der Waals surface area contributed by atoms with Crippen LogP contribution in [0.4, 0.5) is 4.39 Å². The summed E-state index contributed by atoms with van der Waals surface area (Å²) in [5.74, 6) is 1.13. The van der Waals surface area contributed by atoms with E-state index >= 15 is 4.39 Å². The number of carboxylic acids is 1. The second-order valence-electron chi connectivity index (χ2n) is 9.70. The van der Waals surface area contributed by atoms with Gasteiger partial charge in [-0.05, 0) is 86.5 Å². The van der Waals surface area contributed by atoms with Gasteiger partial charge >= 0.3 is 5.97 Å². The molecule has 0 aliphatic carbocycles. The fourth-order valence-corrected chi connectivity index (χ4v) is 6.28. The Morgan fingerprint density at radius 3 is 2.89 bits per heavy atom. The quantitative estimate of drug-likeness (QED) is 0.295. The second kappa shape index (κ2) is 12.5. The van der Waals surface area contributed by atoms with E-state index in [1.807, 2.05) is 30.0 Å². The number of hydrogen-bond donors (Lipinski definition) is 1. The zero-order valence-corrected chi connectivity index (χ0v) is 21.8. The fourth-order valence-electron chi connectivity index (χ4n) is 5.26. The lowest BCUT2D eigenvalue weighted by atomic mass is 9.79. The molecule has 3 atom stereocenters. The molecule has 0 amide bonds. The highest BCUT2D eigenvalue weighted by Gasteiger charge is 2.31. The third kappa shape index (κ3) is 6.98. The third-order valence-corrected chi connectivity index (χ3v) is 8.16. The monoisotopic (exact) mass is 510 g/mol. The van der Waals surface area contributed by atoms with E-state index < -0.39 is 12.1 Å². The number of likely N-dealkylation sites (tertiary alicyclic amines) is 1. The van der Waals surface area contributed by atoms with Gasteiger partial charge in [-0.15, -0.1) is 11.8 Å². The van der Waals surface area contributed by atoms with Crippen LogP contribution in [-0.4, -0.2) is 53.5 Å². The summed E-state index contributed by atoms with van der Waals surface area (Å²) in [5, 5.41) is 10.3. The van der Waals surface area contributed by atoms with Gasteiger partial charge in [-0.1, -0.05) is 17.7 Å². The molecule has 1 aromatic heterocycles. The molecule has 0 radical (unpaired) electrons. The van der Waals surface area contributed by atoms with Gasteiger partial charge in [0.1, 0.15) is 11.9 Å². The van der Waals surface area contributed by atoms with Crippen LogP contribution in [0.5, 0.6) is 5.75 Å². The predicted octanol–water partition coefficient (Wildman–Crippen LogP) is 6.55. The lowest BCUT2D eigenvalue weighted by Gasteiger charge is -2.38. The van der Waals surface area contributed by atoms with E-state index in [0.717, 1.165) is 42.7 Å². The summed E-state index contributed by atoms with van der Waals surface area (Å²) < 4.78 is 20.8. The number of thioether (sulfide) groups is 1. The van der Waals surface area contributed by atoms with Crippen molar-refractivity contribution in [2.24, 2.45) is 11.8 Å². The summed E-state index contributed by atoms with van der Waals surface area (Å²) in [6.45, 7) is 4.72.